The molecule has 8 rings (SSSR count). The van der Waals surface area contributed by atoms with E-state index in [2.05, 4.69) is 0 Å². The molecular formula is C34H40O8. The first-order valence-corrected chi connectivity index (χ1v) is 14.9. The molecule has 0 atom stereocenters. The van der Waals surface area contributed by atoms with Gasteiger partial charge in [0.15, 0.2) is 0 Å². The van der Waals surface area contributed by atoms with Crippen LogP contribution in [0.25, 0.3) is 0 Å². The van der Waals surface area contributed by atoms with Gasteiger partial charge in [-0.3, -0.25) is 9.59 Å². The number of carbonyl (C=O) groups excluding carboxylic acids is 2. The van der Waals surface area contributed by atoms with E-state index in [0.29, 0.717) is 11.5 Å². The normalized spacial score (nSPS) is 45.1. The van der Waals surface area contributed by atoms with Gasteiger partial charge >= 0.3 is 0 Å². The molecular weight excluding hydrogens is 536 g/mol. The number of aliphatic hydroxyl groups is 4. The molecule has 0 unspecified atom stereocenters. The van der Waals surface area contributed by atoms with Crippen molar-refractivity contribution in [2.45, 2.75) is 25.7 Å². The maximum atomic E-state index is 13.7. The zero-order chi connectivity index (χ0) is 30.0. The van der Waals surface area contributed by atoms with E-state index >= 15 is 0 Å². The van der Waals surface area contributed by atoms with Gasteiger partial charge in [-0.05, 0) is 72.9 Å². The topological polar surface area (TPSA) is 134 Å². The van der Waals surface area contributed by atoms with Crippen molar-refractivity contribution >= 4 is 11.6 Å². The van der Waals surface area contributed by atoms with Crippen molar-refractivity contribution in [3.05, 3.63) is 59.7 Å². The molecule has 2 aromatic carbocycles. The third kappa shape index (κ3) is 2.59. The molecule has 0 aromatic heterocycles. The summed E-state index contributed by atoms with van der Waals surface area (Å²) in [5.41, 5.74) is -1.87. The van der Waals surface area contributed by atoms with Crippen molar-refractivity contribution in [3.8, 4) is 11.5 Å². The second-order valence-corrected chi connectivity index (χ2v) is 13.7. The van der Waals surface area contributed by atoms with E-state index in [4.69, 9.17) is 9.47 Å². The summed E-state index contributed by atoms with van der Waals surface area (Å²) in [5, 5.41) is 46.2. The fourth-order valence-corrected chi connectivity index (χ4v) is 13.0. The summed E-state index contributed by atoms with van der Waals surface area (Å²) in [6.07, 6.45) is 0. The zero-order valence-corrected chi connectivity index (χ0v) is 24.5. The predicted octanol–water partition coefficient (Wildman–Crippen LogP) is 2.43. The van der Waals surface area contributed by atoms with Gasteiger partial charge in [-0.1, -0.05) is 24.3 Å². The van der Waals surface area contributed by atoms with E-state index in [9.17, 15) is 30.0 Å². The molecule has 0 radical (unpaired) electrons. The standard InChI is InChI=1S/C34H40O8/c1-17(39)23-27-31(13-35)25(19-5-9-21(41-3)10-6-19)32(14-36)28(23)34(16-38)26(20-7-11-22(42-4)12-8-20)33(27,15-37)29(31)24(18(2)40)30(32)34/h5-12,23-30,35-38H,13-16H2,1-4H3. The molecule has 0 amide bonds. The first kappa shape index (κ1) is 28.0. The average molecular weight is 577 g/mol. The SMILES string of the molecule is COc1ccc(C2C3(CO)C4C(C(C)=O)C5C2(CO)C2C(C(C)=O)C3C4(CO)C(c3ccc(OC)cc3)C52CO)cc1. The van der Waals surface area contributed by atoms with Crippen molar-refractivity contribution in [1.82, 2.24) is 0 Å². The molecule has 6 saturated carbocycles. The second-order valence-electron chi connectivity index (χ2n) is 13.7. The Hall–Kier alpha value is -2.78. The van der Waals surface area contributed by atoms with Gasteiger partial charge in [0.05, 0.1) is 14.2 Å². The number of ether oxygens (including phenoxy) is 2. The number of Topliss-reactive ketones (excluding diaryl/α,β-unsaturated/α-hetero) is 2. The highest BCUT2D eigenvalue weighted by atomic mass is 16.5. The molecule has 0 spiro atoms. The lowest BCUT2D eigenvalue weighted by atomic mass is 9.05. The number of hydrogen-bond donors (Lipinski definition) is 4. The third-order valence-electron chi connectivity index (χ3n) is 13.2. The zero-order valence-electron chi connectivity index (χ0n) is 24.5. The van der Waals surface area contributed by atoms with Crippen molar-refractivity contribution in [1.29, 1.82) is 0 Å². The highest BCUT2D eigenvalue weighted by Crippen LogP contribution is 3.00. The van der Waals surface area contributed by atoms with E-state index in [1.807, 2.05) is 48.5 Å². The van der Waals surface area contributed by atoms with Crippen LogP contribution < -0.4 is 9.47 Å². The van der Waals surface area contributed by atoms with Crippen LogP contribution in [0, 0.1) is 57.2 Å². The molecule has 6 aliphatic carbocycles. The van der Waals surface area contributed by atoms with Crippen LogP contribution in [-0.4, -0.2) is 72.6 Å². The number of benzene rings is 2. The molecule has 0 saturated heterocycles. The van der Waals surface area contributed by atoms with Gasteiger partial charge in [0.2, 0.25) is 0 Å². The van der Waals surface area contributed by atoms with Crippen molar-refractivity contribution < 1.29 is 39.5 Å². The minimum atomic E-state index is -0.924. The lowest BCUT2D eigenvalue weighted by molar-refractivity contribution is -0.500. The second kappa shape index (κ2) is 8.88. The quantitative estimate of drug-likeness (QED) is 0.339. The number of aliphatic hydroxyl groups excluding tert-OH is 4. The number of carbonyl (C=O) groups is 2. The number of hydrogen-bond acceptors (Lipinski definition) is 8. The predicted molar refractivity (Wildman–Crippen MR) is 152 cm³/mol. The van der Waals surface area contributed by atoms with Crippen molar-refractivity contribution in [3.63, 3.8) is 0 Å². The Balaban J connectivity index is 1.58. The van der Waals surface area contributed by atoms with Crippen LogP contribution >= 0.6 is 0 Å². The monoisotopic (exact) mass is 576 g/mol. The van der Waals surface area contributed by atoms with Gasteiger partial charge in [0, 0.05) is 71.8 Å². The average Bonchev–Trinajstić information content (AvgIpc) is 2.99. The van der Waals surface area contributed by atoms with Crippen LogP contribution in [0.1, 0.15) is 36.8 Å². The van der Waals surface area contributed by atoms with Crippen molar-refractivity contribution in [2.75, 3.05) is 40.6 Å². The number of ketones is 2. The largest absolute Gasteiger partial charge is 0.497 e. The molecule has 8 heteroatoms. The van der Waals surface area contributed by atoms with Crippen LogP contribution in [0.4, 0.5) is 0 Å². The first-order valence-electron chi connectivity index (χ1n) is 14.9. The molecule has 6 fully saturated rings. The Morgan fingerprint density at radius 1 is 0.571 bits per heavy atom. The molecule has 0 heterocycles. The smallest absolute Gasteiger partial charge is 0.133 e. The summed E-state index contributed by atoms with van der Waals surface area (Å²) in [5.74, 6) is -2.47. The Morgan fingerprint density at radius 3 is 1.02 bits per heavy atom. The van der Waals surface area contributed by atoms with Crippen LogP contribution in [0.15, 0.2) is 48.5 Å². The Bertz CT molecular complexity index is 1260. The Kier molecular flexibility index (Phi) is 5.92. The molecule has 8 nitrogen and oxygen atoms in total. The fourth-order valence-electron chi connectivity index (χ4n) is 13.0. The summed E-state index contributed by atoms with van der Waals surface area (Å²) in [6.45, 7) is 2.00. The molecule has 4 N–H and O–H groups in total. The summed E-state index contributed by atoms with van der Waals surface area (Å²) < 4.78 is 10.8. The minimum Gasteiger partial charge on any atom is -0.497 e. The van der Waals surface area contributed by atoms with Crippen molar-refractivity contribution in [2.24, 2.45) is 57.2 Å². The van der Waals surface area contributed by atoms with Crippen LogP contribution in [0.5, 0.6) is 11.5 Å². The Labute approximate surface area is 245 Å². The summed E-state index contributed by atoms with van der Waals surface area (Å²) >= 11 is 0. The molecule has 2 aromatic rings. The van der Waals surface area contributed by atoms with Crippen LogP contribution in [0.3, 0.4) is 0 Å². The third-order valence-corrected chi connectivity index (χ3v) is 13.2. The van der Waals surface area contributed by atoms with E-state index in [-0.39, 0.29) is 49.8 Å². The summed E-state index contributed by atoms with van der Waals surface area (Å²) in [4.78, 5) is 27.5. The van der Waals surface area contributed by atoms with Gasteiger partial charge in [0.25, 0.3) is 0 Å². The molecule has 6 aliphatic rings. The highest BCUT2D eigenvalue weighted by molar-refractivity contribution is 5.86. The molecule has 0 aliphatic heterocycles. The lowest BCUT2D eigenvalue weighted by Crippen LogP contribution is -2.98. The number of rotatable bonds is 10. The van der Waals surface area contributed by atoms with E-state index < -0.39 is 57.2 Å². The van der Waals surface area contributed by atoms with Crippen LogP contribution in [0.2, 0.25) is 0 Å². The van der Waals surface area contributed by atoms with Crippen LogP contribution in [-0.2, 0) is 9.59 Å². The summed E-state index contributed by atoms with van der Waals surface area (Å²) in [6, 6.07) is 15.3. The van der Waals surface area contributed by atoms with Gasteiger partial charge in [-0.25, -0.2) is 0 Å². The van der Waals surface area contributed by atoms with Gasteiger partial charge in [-0.2, -0.15) is 0 Å². The summed E-state index contributed by atoms with van der Waals surface area (Å²) in [7, 11) is 3.19. The van der Waals surface area contributed by atoms with Gasteiger partial charge < -0.3 is 29.9 Å². The fraction of sp³-hybridized carbons (Fsp3) is 0.588. The first-order chi connectivity index (χ1) is 20.2. The number of methoxy groups -OCH3 is 2. The molecule has 224 valence electrons. The maximum Gasteiger partial charge on any atom is 0.133 e. The highest BCUT2D eigenvalue weighted by Gasteiger charge is 3.00. The Morgan fingerprint density at radius 2 is 0.833 bits per heavy atom. The minimum absolute atomic E-state index is 0.0594. The maximum absolute atomic E-state index is 13.7. The lowest BCUT2D eigenvalue weighted by Gasteiger charge is -2.97. The molecule has 8 bridgehead atoms. The van der Waals surface area contributed by atoms with E-state index in [0.717, 1.165) is 11.1 Å². The van der Waals surface area contributed by atoms with E-state index in [1.54, 1.807) is 28.1 Å². The van der Waals surface area contributed by atoms with E-state index in [1.165, 1.54) is 0 Å². The van der Waals surface area contributed by atoms with Gasteiger partial charge in [-0.15, -0.1) is 0 Å². The van der Waals surface area contributed by atoms with Gasteiger partial charge in [0.1, 0.15) is 23.1 Å². The molecule has 42 heavy (non-hydrogen) atoms.